The van der Waals surface area contributed by atoms with Crippen LogP contribution in [-0.4, -0.2) is 30.7 Å². The lowest BCUT2D eigenvalue weighted by Gasteiger charge is -2.18. The lowest BCUT2D eigenvalue weighted by molar-refractivity contribution is -0.116. The molecule has 1 amide bonds. The van der Waals surface area contributed by atoms with Crippen LogP contribution in [0.25, 0.3) is 10.9 Å². The summed E-state index contributed by atoms with van der Waals surface area (Å²) >= 11 is 0. The first-order valence-electron chi connectivity index (χ1n) is 11.3. The average Bonchev–Trinajstić information content (AvgIpc) is 3.40. The van der Waals surface area contributed by atoms with Gasteiger partial charge in [0.05, 0.1) is 19.9 Å². The van der Waals surface area contributed by atoms with Crippen LogP contribution >= 0.6 is 0 Å². The van der Waals surface area contributed by atoms with Crippen LogP contribution in [0.3, 0.4) is 0 Å². The van der Waals surface area contributed by atoms with E-state index in [1.165, 1.54) is 0 Å². The summed E-state index contributed by atoms with van der Waals surface area (Å²) in [5, 5.41) is 4.06. The number of esters is 1. The fourth-order valence-electron chi connectivity index (χ4n) is 4.55. The molecule has 0 bridgehead atoms. The predicted molar refractivity (Wildman–Crippen MR) is 132 cm³/mol. The Morgan fingerprint density at radius 2 is 1.94 bits per heavy atom. The van der Waals surface area contributed by atoms with Crippen molar-refractivity contribution in [2.75, 3.05) is 19.5 Å². The Morgan fingerprint density at radius 1 is 1.18 bits per heavy atom. The van der Waals surface area contributed by atoms with Crippen molar-refractivity contribution in [1.82, 2.24) is 4.57 Å². The molecule has 3 aromatic rings. The number of hydrogen-bond acceptors (Lipinski definition) is 5. The first-order valence-corrected chi connectivity index (χ1v) is 11.3. The summed E-state index contributed by atoms with van der Waals surface area (Å²) in [4.78, 5) is 24.9. The number of ether oxygens (including phenoxy) is 3. The Kier molecular flexibility index (Phi) is 6.63. The highest BCUT2D eigenvalue weighted by molar-refractivity contribution is 6.01. The second kappa shape index (κ2) is 9.63. The SMILES string of the molecule is COc1c(C)c2c(c(OC)c1C/C=C(\C)CCC(=O)Nc1cccc3c1ccn3C)C(=O)OC2. The van der Waals surface area contributed by atoms with Crippen LogP contribution in [0.5, 0.6) is 11.5 Å². The Bertz CT molecular complexity index is 1300. The largest absolute Gasteiger partial charge is 0.496 e. The van der Waals surface area contributed by atoms with Crippen molar-refractivity contribution in [1.29, 1.82) is 0 Å². The van der Waals surface area contributed by atoms with Gasteiger partial charge in [-0.05, 0) is 50.5 Å². The fraction of sp³-hybridized carbons (Fsp3) is 0.333. The average molecular weight is 463 g/mol. The summed E-state index contributed by atoms with van der Waals surface area (Å²) in [6.07, 6.45) is 5.54. The molecule has 2 aromatic carbocycles. The first kappa shape index (κ1) is 23.4. The molecule has 4 rings (SSSR count). The fourth-order valence-corrected chi connectivity index (χ4v) is 4.55. The number of nitrogens with one attached hydrogen (secondary N) is 1. The molecule has 7 nitrogen and oxygen atoms in total. The monoisotopic (exact) mass is 462 g/mol. The van der Waals surface area contributed by atoms with Crippen LogP contribution in [0, 0.1) is 6.92 Å². The van der Waals surface area contributed by atoms with E-state index >= 15 is 0 Å². The molecule has 0 aliphatic carbocycles. The van der Waals surface area contributed by atoms with Gasteiger partial charge >= 0.3 is 5.97 Å². The Balaban J connectivity index is 1.46. The van der Waals surface area contributed by atoms with Crippen molar-refractivity contribution in [3.05, 3.63) is 64.4 Å². The second-order valence-corrected chi connectivity index (χ2v) is 8.57. The molecule has 0 spiro atoms. The molecular formula is C27H30N2O5. The van der Waals surface area contributed by atoms with Gasteiger partial charge in [0.2, 0.25) is 5.91 Å². The van der Waals surface area contributed by atoms with Crippen LogP contribution < -0.4 is 14.8 Å². The number of methoxy groups -OCH3 is 2. The highest BCUT2D eigenvalue weighted by Gasteiger charge is 2.32. The number of aromatic nitrogens is 1. The van der Waals surface area contributed by atoms with Gasteiger partial charge in [0.1, 0.15) is 23.7 Å². The molecule has 1 aliphatic rings. The molecule has 1 N–H and O–H groups in total. The van der Waals surface area contributed by atoms with Gasteiger partial charge in [-0.3, -0.25) is 4.79 Å². The Hall–Kier alpha value is -3.74. The number of anilines is 1. The summed E-state index contributed by atoms with van der Waals surface area (Å²) in [6, 6.07) is 7.90. The number of nitrogens with zero attached hydrogens (tertiary/aromatic N) is 1. The maximum absolute atomic E-state index is 12.6. The van der Waals surface area contributed by atoms with Crippen molar-refractivity contribution < 1.29 is 23.8 Å². The molecular weight excluding hydrogens is 432 g/mol. The molecule has 0 saturated carbocycles. The van der Waals surface area contributed by atoms with E-state index in [2.05, 4.69) is 11.4 Å². The highest BCUT2D eigenvalue weighted by atomic mass is 16.5. The normalized spacial score (nSPS) is 13.1. The number of aryl methyl sites for hydroxylation is 1. The summed E-state index contributed by atoms with van der Waals surface area (Å²) in [6.45, 7) is 4.16. The summed E-state index contributed by atoms with van der Waals surface area (Å²) in [5.41, 5.74) is 5.95. The van der Waals surface area contributed by atoms with Gasteiger partial charge < -0.3 is 24.1 Å². The molecule has 7 heteroatoms. The van der Waals surface area contributed by atoms with Gasteiger partial charge in [0.25, 0.3) is 0 Å². The highest BCUT2D eigenvalue weighted by Crippen LogP contribution is 2.42. The van der Waals surface area contributed by atoms with E-state index in [4.69, 9.17) is 14.2 Å². The van der Waals surface area contributed by atoms with Gasteiger partial charge in [-0.25, -0.2) is 4.79 Å². The number of fused-ring (bicyclic) bond motifs is 2. The maximum Gasteiger partial charge on any atom is 0.342 e. The number of cyclic esters (lactones) is 1. The molecule has 2 heterocycles. The van der Waals surface area contributed by atoms with E-state index in [-0.39, 0.29) is 18.5 Å². The molecule has 0 radical (unpaired) electrons. The van der Waals surface area contributed by atoms with Crippen LogP contribution in [0.2, 0.25) is 0 Å². The van der Waals surface area contributed by atoms with Gasteiger partial charge in [0.15, 0.2) is 0 Å². The lowest BCUT2D eigenvalue weighted by atomic mass is 9.94. The van der Waals surface area contributed by atoms with Crippen molar-refractivity contribution in [2.45, 2.75) is 39.7 Å². The minimum absolute atomic E-state index is 0.0321. The van der Waals surface area contributed by atoms with Crippen LogP contribution in [0.4, 0.5) is 5.69 Å². The first-order chi connectivity index (χ1) is 16.3. The standard InChI is InChI=1S/C27H30N2O5/c1-16(10-12-23(30)28-21-7-6-8-22-18(21)13-14-29(22)3)9-11-19-25(32-4)17(2)20-15-34-27(31)24(20)26(19)33-5/h6-9,13-14H,10-12,15H2,1-5H3,(H,28,30)/b16-9+. The van der Waals surface area contributed by atoms with E-state index in [0.717, 1.165) is 38.9 Å². The number of rotatable bonds is 8. The molecule has 1 aromatic heterocycles. The lowest BCUT2D eigenvalue weighted by Crippen LogP contribution is -2.11. The van der Waals surface area contributed by atoms with E-state index < -0.39 is 0 Å². The van der Waals surface area contributed by atoms with Crippen molar-refractivity contribution >= 4 is 28.5 Å². The van der Waals surface area contributed by atoms with E-state index in [0.29, 0.717) is 36.3 Å². The zero-order valence-electron chi connectivity index (χ0n) is 20.3. The molecule has 0 fully saturated rings. The van der Waals surface area contributed by atoms with Gasteiger partial charge in [-0.1, -0.05) is 17.7 Å². The van der Waals surface area contributed by atoms with E-state index in [9.17, 15) is 9.59 Å². The molecule has 1 aliphatic heterocycles. The summed E-state index contributed by atoms with van der Waals surface area (Å²) in [5.74, 6) is 0.796. The predicted octanol–water partition coefficient (Wildman–Crippen LogP) is 5.08. The third kappa shape index (κ3) is 4.25. The van der Waals surface area contributed by atoms with Gasteiger partial charge in [0, 0.05) is 41.7 Å². The number of carbonyl (C=O) groups is 2. The smallest absolute Gasteiger partial charge is 0.342 e. The third-order valence-corrected chi connectivity index (χ3v) is 6.43. The number of hydrogen-bond donors (Lipinski definition) is 1. The number of benzene rings is 2. The molecule has 34 heavy (non-hydrogen) atoms. The van der Waals surface area contributed by atoms with Crippen molar-refractivity contribution in [3.63, 3.8) is 0 Å². The third-order valence-electron chi connectivity index (χ3n) is 6.43. The topological polar surface area (TPSA) is 78.8 Å². The molecule has 0 saturated heterocycles. The van der Waals surface area contributed by atoms with Crippen LogP contribution in [-0.2, 0) is 29.6 Å². The van der Waals surface area contributed by atoms with Crippen LogP contribution in [0.15, 0.2) is 42.1 Å². The zero-order valence-corrected chi connectivity index (χ0v) is 20.3. The maximum atomic E-state index is 12.6. The molecule has 0 unspecified atom stereocenters. The minimum Gasteiger partial charge on any atom is -0.496 e. The summed E-state index contributed by atoms with van der Waals surface area (Å²) in [7, 11) is 5.15. The number of carbonyl (C=O) groups excluding carboxylic acids is 2. The van der Waals surface area contributed by atoms with Crippen LogP contribution in [0.1, 0.15) is 46.8 Å². The Morgan fingerprint density at radius 3 is 2.68 bits per heavy atom. The quantitative estimate of drug-likeness (QED) is 0.373. The van der Waals surface area contributed by atoms with Gasteiger partial charge in [-0.2, -0.15) is 0 Å². The second-order valence-electron chi connectivity index (χ2n) is 8.57. The molecule has 178 valence electrons. The summed E-state index contributed by atoms with van der Waals surface area (Å²) < 4.78 is 18.5. The minimum atomic E-state index is -0.371. The number of allylic oxidation sites excluding steroid dienone is 2. The van der Waals surface area contributed by atoms with Crippen molar-refractivity contribution in [2.24, 2.45) is 7.05 Å². The molecule has 0 atom stereocenters. The van der Waals surface area contributed by atoms with E-state index in [1.54, 1.807) is 14.2 Å². The zero-order chi connectivity index (χ0) is 24.4. The van der Waals surface area contributed by atoms with Gasteiger partial charge in [-0.15, -0.1) is 0 Å². The Labute approximate surface area is 199 Å². The number of amides is 1. The van der Waals surface area contributed by atoms with E-state index in [1.807, 2.05) is 55.9 Å². The van der Waals surface area contributed by atoms with Crippen molar-refractivity contribution in [3.8, 4) is 11.5 Å².